The quantitative estimate of drug-likeness (QED) is 0.597. The zero-order chi connectivity index (χ0) is 18.4. The summed E-state index contributed by atoms with van der Waals surface area (Å²) in [4.78, 5) is 12.4. The van der Waals surface area contributed by atoms with Crippen molar-refractivity contribution >= 4 is 28.3 Å². The highest BCUT2D eigenvalue weighted by Crippen LogP contribution is 2.16. The summed E-state index contributed by atoms with van der Waals surface area (Å²) in [6, 6.07) is 6.55. The fraction of sp³-hybridized carbons (Fsp3) is 0.588. The first kappa shape index (κ1) is 23.9. The van der Waals surface area contributed by atoms with Crippen LogP contribution in [0.15, 0.2) is 29.2 Å². The first-order valence-electron chi connectivity index (χ1n) is 8.15. The van der Waals surface area contributed by atoms with E-state index in [2.05, 4.69) is 23.9 Å². The molecule has 0 aromatic heterocycles. The van der Waals surface area contributed by atoms with Crippen molar-refractivity contribution < 1.29 is 13.2 Å². The van der Waals surface area contributed by atoms with E-state index in [-0.39, 0.29) is 23.2 Å². The van der Waals surface area contributed by atoms with Crippen LogP contribution < -0.4 is 15.8 Å². The molecule has 1 atom stereocenters. The molecule has 0 spiro atoms. The van der Waals surface area contributed by atoms with Crippen LogP contribution in [0.25, 0.3) is 0 Å². The Bertz CT molecular complexity index is 648. The van der Waals surface area contributed by atoms with Crippen molar-refractivity contribution in [3.05, 3.63) is 29.8 Å². The lowest BCUT2D eigenvalue weighted by Gasteiger charge is -2.31. The fourth-order valence-corrected chi connectivity index (χ4v) is 3.43. The summed E-state index contributed by atoms with van der Waals surface area (Å²) < 4.78 is 25.6. The lowest BCUT2D eigenvalue weighted by molar-refractivity contribution is -0.122. The van der Waals surface area contributed by atoms with Crippen molar-refractivity contribution in [3.63, 3.8) is 0 Å². The normalized spacial score (nSPS) is 13.8. The summed E-state index contributed by atoms with van der Waals surface area (Å²) in [6.45, 7) is 6.55. The molecule has 0 aliphatic rings. The zero-order valence-corrected chi connectivity index (χ0v) is 17.0. The Morgan fingerprint density at radius 3 is 2.24 bits per heavy atom. The Balaban J connectivity index is 0.00000576. The maximum absolute atomic E-state index is 12.2. The number of nitrogens with one attached hydrogen (secondary N) is 2. The number of sulfonamides is 1. The van der Waals surface area contributed by atoms with Crippen molar-refractivity contribution in [1.82, 2.24) is 10.0 Å². The number of amides is 1. The fourth-order valence-electron chi connectivity index (χ4n) is 2.70. The van der Waals surface area contributed by atoms with Crippen LogP contribution in [0.2, 0.25) is 0 Å². The Kier molecular flexibility index (Phi) is 9.64. The molecule has 0 heterocycles. The molecule has 0 radical (unpaired) electrons. The molecule has 1 rings (SSSR count). The van der Waals surface area contributed by atoms with E-state index in [1.165, 1.54) is 7.05 Å². The van der Waals surface area contributed by atoms with Crippen molar-refractivity contribution in [1.29, 1.82) is 0 Å². The second kappa shape index (κ2) is 10.1. The molecule has 1 amide bonds. The third-order valence-electron chi connectivity index (χ3n) is 3.89. The highest BCUT2D eigenvalue weighted by atomic mass is 35.5. The van der Waals surface area contributed by atoms with Crippen molar-refractivity contribution in [2.24, 2.45) is 11.7 Å². The van der Waals surface area contributed by atoms with Crippen LogP contribution in [-0.4, -0.2) is 33.5 Å². The van der Waals surface area contributed by atoms with Crippen LogP contribution in [0.4, 0.5) is 0 Å². The van der Waals surface area contributed by atoms with Crippen LogP contribution in [0.1, 0.15) is 39.2 Å². The predicted octanol–water partition coefficient (Wildman–Crippen LogP) is 1.83. The van der Waals surface area contributed by atoms with Crippen LogP contribution in [0, 0.1) is 5.92 Å². The monoisotopic (exact) mass is 391 g/mol. The molecule has 0 aliphatic carbocycles. The van der Waals surface area contributed by atoms with Gasteiger partial charge in [0.25, 0.3) is 0 Å². The van der Waals surface area contributed by atoms with E-state index < -0.39 is 15.6 Å². The topological polar surface area (TPSA) is 101 Å². The molecule has 8 heteroatoms. The average molecular weight is 392 g/mol. The van der Waals surface area contributed by atoms with Crippen LogP contribution >= 0.6 is 12.4 Å². The summed E-state index contributed by atoms with van der Waals surface area (Å²) in [5, 5.41) is 3.02. The third kappa shape index (κ3) is 7.73. The van der Waals surface area contributed by atoms with Crippen LogP contribution in [-0.2, 0) is 21.2 Å². The van der Waals surface area contributed by atoms with E-state index in [1.54, 1.807) is 24.3 Å². The molecule has 1 aromatic carbocycles. The Hall–Kier alpha value is -1.15. The highest BCUT2D eigenvalue weighted by Gasteiger charge is 2.25. The van der Waals surface area contributed by atoms with Gasteiger partial charge in [-0.3, -0.25) is 4.79 Å². The molecule has 0 saturated carbocycles. The number of aryl methyl sites for hydroxylation is 1. The number of benzene rings is 1. The SMILES string of the molecule is CNS(=O)(=O)c1ccc(CCC(=O)NC(C)(CN)CC(C)C)cc1.Cl. The third-order valence-corrected chi connectivity index (χ3v) is 5.32. The lowest BCUT2D eigenvalue weighted by atomic mass is 9.90. The predicted molar refractivity (Wildman–Crippen MR) is 103 cm³/mol. The minimum Gasteiger partial charge on any atom is -0.350 e. The molecule has 1 aromatic rings. The zero-order valence-electron chi connectivity index (χ0n) is 15.3. The maximum atomic E-state index is 12.2. The number of carbonyl (C=O) groups is 1. The molecule has 6 nitrogen and oxygen atoms in total. The summed E-state index contributed by atoms with van der Waals surface area (Å²) >= 11 is 0. The second-order valence-corrected chi connectivity index (χ2v) is 8.65. The van der Waals surface area contributed by atoms with E-state index in [0.29, 0.717) is 25.3 Å². The lowest BCUT2D eigenvalue weighted by Crippen LogP contribution is -2.52. The van der Waals surface area contributed by atoms with Gasteiger partial charge >= 0.3 is 0 Å². The summed E-state index contributed by atoms with van der Waals surface area (Å²) in [7, 11) is -2.05. The highest BCUT2D eigenvalue weighted by molar-refractivity contribution is 7.89. The molecule has 0 fully saturated rings. The Morgan fingerprint density at radius 1 is 1.24 bits per heavy atom. The van der Waals surface area contributed by atoms with E-state index in [9.17, 15) is 13.2 Å². The average Bonchev–Trinajstić information content (AvgIpc) is 2.52. The van der Waals surface area contributed by atoms with E-state index >= 15 is 0 Å². The molecule has 144 valence electrons. The summed E-state index contributed by atoms with van der Waals surface area (Å²) in [5.41, 5.74) is 6.33. The van der Waals surface area contributed by atoms with Gasteiger partial charge in [0.2, 0.25) is 15.9 Å². The first-order valence-corrected chi connectivity index (χ1v) is 9.64. The molecule has 0 aliphatic heterocycles. The van der Waals surface area contributed by atoms with E-state index in [0.717, 1.165) is 12.0 Å². The van der Waals surface area contributed by atoms with Gasteiger partial charge in [0, 0.05) is 18.5 Å². The van der Waals surface area contributed by atoms with E-state index in [4.69, 9.17) is 5.73 Å². The Morgan fingerprint density at radius 2 is 1.80 bits per heavy atom. The number of nitrogens with two attached hydrogens (primary N) is 1. The van der Waals surface area contributed by atoms with Crippen molar-refractivity contribution in [2.75, 3.05) is 13.6 Å². The van der Waals surface area contributed by atoms with Gasteiger partial charge in [-0.25, -0.2) is 13.1 Å². The molecular weight excluding hydrogens is 362 g/mol. The van der Waals surface area contributed by atoms with Crippen molar-refractivity contribution in [3.8, 4) is 0 Å². The largest absolute Gasteiger partial charge is 0.350 e. The van der Waals surface area contributed by atoms with Crippen LogP contribution in [0.5, 0.6) is 0 Å². The van der Waals surface area contributed by atoms with Gasteiger partial charge in [0.05, 0.1) is 4.90 Å². The van der Waals surface area contributed by atoms with Gasteiger partial charge in [0.1, 0.15) is 0 Å². The molecular formula is C17H30ClN3O3S. The van der Waals surface area contributed by atoms with Gasteiger partial charge in [-0.05, 0) is 50.4 Å². The number of rotatable bonds is 9. The Labute approximate surface area is 157 Å². The van der Waals surface area contributed by atoms with Gasteiger partial charge in [-0.15, -0.1) is 12.4 Å². The molecule has 1 unspecified atom stereocenters. The summed E-state index contributed by atoms with van der Waals surface area (Å²) in [6.07, 6.45) is 1.71. The number of hydrogen-bond acceptors (Lipinski definition) is 4. The van der Waals surface area contributed by atoms with Gasteiger partial charge in [-0.1, -0.05) is 26.0 Å². The number of halogens is 1. The number of carbonyl (C=O) groups excluding carboxylic acids is 1. The minimum atomic E-state index is -3.43. The summed E-state index contributed by atoms with van der Waals surface area (Å²) in [5.74, 6) is 0.399. The molecule has 4 N–H and O–H groups in total. The number of hydrogen-bond donors (Lipinski definition) is 3. The van der Waals surface area contributed by atoms with Gasteiger partial charge < -0.3 is 11.1 Å². The van der Waals surface area contributed by atoms with E-state index in [1.807, 2.05) is 6.92 Å². The standard InChI is InChI=1S/C17H29N3O3S.ClH/c1-13(2)11-17(3,12-18)20-16(21)10-7-14-5-8-15(9-6-14)24(22,23)19-4;/h5-6,8-9,13,19H,7,10-12,18H2,1-4H3,(H,20,21);1H. The molecule has 0 bridgehead atoms. The maximum Gasteiger partial charge on any atom is 0.240 e. The molecule has 25 heavy (non-hydrogen) atoms. The van der Waals surface area contributed by atoms with Gasteiger partial charge in [0.15, 0.2) is 0 Å². The van der Waals surface area contributed by atoms with Crippen LogP contribution in [0.3, 0.4) is 0 Å². The van der Waals surface area contributed by atoms with Gasteiger partial charge in [-0.2, -0.15) is 0 Å². The molecule has 0 saturated heterocycles. The van der Waals surface area contributed by atoms with Crippen molar-refractivity contribution in [2.45, 2.75) is 50.5 Å². The second-order valence-electron chi connectivity index (χ2n) is 6.76. The smallest absolute Gasteiger partial charge is 0.240 e. The first-order chi connectivity index (χ1) is 11.1. The minimum absolute atomic E-state index is 0.